The number of amides is 1. The van der Waals surface area contributed by atoms with Gasteiger partial charge in [0.2, 0.25) is 0 Å². The Morgan fingerprint density at radius 3 is 2.36 bits per heavy atom. The monoisotopic (exact) mass is 464 g/mol. The van der Waals surface area contributed by atoms with Gasteiger partial charge in [0.15, 0.2) is 5.96 Å². The van der Waals surface area contributed by atoms with Gasteiger partial charge in [0.05, 0.1) is 20.3 Å². The minimum absolute atomic E-state index is 0. The zero-order valence-corrected chi connectivity index (χ0v) is 17.5. The van der Waals surface area contributed by atoms with Gasteiger partial charge in [0, 0.05) is 31.8 Å². The maximum absolute atomic E-state index is 12.0. The molecule has 1 rings (SSSR count). The first-order valence-electron chi connectivity index (χ1n) is 8.23. The predicted molar refractivity (Wildman–Crippen MR) is 111 cm³/mol. The molecule has 0 atom stereocenters. The molecule has 0 spiro atoms. The van der Waals surface area contributed by atoms with Gasteiger partial charge in [-0.3, -0.25) is 9.79 Å². The Kier molecular flexibility index (Phi) is 13.8. The van der Waals surface area contributed by atoms with Crippen LogP contribution >= 0.6 is 24.0 Å². The first-order chi connectivity index (χ1) is 11.7. The van der Waals surface area contributed by atoms with Crippen LogP contribution in [-0.2, 0) is 4.74 Å². The number of rotatable bonds is 10. The van der Waals surface area contributed by atoms with E-state index in [-0.39, 0.29) is 29.9 Å². The fourth-order valence-electron chi connectivity index (χ4n) is 1.91. The predicted octanol–water partition coefficient (Wildman–Crippen LogP) is 1.63. The van der Waals surface area contributed by atoms with Crippen molar-refractivity contribution in [1.29, 1.82) is 0 Å². The average molecular weight is 464 g/mol. The van der Waals surface area contributed by atoms with Crippen LogP contribution in [-0.4, -0.2) is 58.4 Å². The Morgan fingerprint density at radius 1 is 1.08 bits per heavy atom. The largest absolute Gasteiger partial charge is 0.497 e. The van der Waals surface area contributed by atoms with Gasteiger partial charge < -0.3 is 25.4 Å². The quantitative estimate of drug-likeness (QED) is 0.212. The van der Waals surface area contributed by atoms with E-state index in [1.54, 1.807) is 31.4 Å². The third kappa shape index (κ3) is 10.1. The molecule has 0 radical (unpaired) electrons. The molecule has 25 heavy (non-hydrogen) atoms. The maximum atomic E-state index is 12.0. The molecule has 0 heterocycles. The molecular weight excluding hydrogens is 435 g/mol. The van der Waals surface area contributed by atoms with E-state index in [4.69, 9.17) is 9.47 Å². The molecule has 0 aliphatic rings. The van der Waals surface area contributed by atoms with E-state index in [0.717, 1.165) is 18.3 Å². The fourth-order valence-corrected chi connectivity index (χ4v) is 1.91. The van der Waals surface area contributed by atoms with Crippen LogP contribution in [0.4, 0.5) is 0 Å². The van der Waals surface area contributed by atoms with E-state index in [1.807, 2.05) is 13.8 Å². The highest BCUT2D eigenvalue weighted by atomic mass is 127. The molecule has 1 aromatic carbocycles. The van der Waals surface area contributed by atoms with Gasteiger partial charge in [-0.1, -0.05) is 0 Å². The normalized spacial score (nSPS) is 10.6. The number of nitrogens with one attached hydrogen (secondary N) is 3. The standard InChI is InChI=1S/C17H28N4O3.HI/c1-4-18-17(21-12-13-24-5-2)20-11-10-19-16(22)14-6-8-15(23-3)9-7-14;/h6-9H,4-5,10-13H2,1-3H3,(H,19,22)(H2,18,20,21);1H. The summed E-state index contributed by atoms with van der Waals surface area (Å²) in [4.78, 5) is 16.4. The summed E-state index contributed by atoms with van der Waals surface area (Å²) in [6, 6.07) is 7.00. The van der Waals surface area contributed by atoms with Gasteiger partial charge in [-0.05, 0) is 38.1 Å². The molecule has 0 aromatic heterocycles. The molecule has 0 aliphatic carbocycles. The van der Waals surface area contributed by atoms with Gasteiger partial charge in [0.25, 0.3) is 5.91 Å². The number of nitrogens with zero attached hydrogens (tertiary/aromatic N) is 1. The lowest BCUT2D eigenvalue weighted by Crippen LogP contribution is -2.41. The molecule has 0 unspecified atom stereocenters. The zero-order valence-electron chi connectivity index (χ0n) is 15.1. The van der Waals surface area contributed by atoms with Crippen LogP contribution in [0.2, 0.25) is 0 Å². The third-order valence-electron chi connectivity index (χ3n) is 3.11. The smallest absolute Gasteiger partial charge is 0.251 e. The summed E-state index contributed by atoms with van der Waals surface area (Å²) in [6.07, 6.45) is 0. The fraction of sp³-hybridized carbons (Fsp3) is 0.529. The average Bonchev–Trinajstić information content (AvgIpc) is 2.62. The minimum Gasteiger partial charge on any atom is -0.497 e. The van der Waals surface area contributed by atoms with Crippen molar-refractivity contribution in [3.8, 4) is 5.75 Å². The van der Waals surface area contributed by atoms with E-state index < -0.39 is 0 Å². The van der Waals surface area contributed by atoms with Crippen molar-refractivity contribution in [2.45, 2.75) is 13.8 Å². The molecule has 0 aliphatic heterocycles. The first kappa shape index (κ1) is 23.4. The molecule has 0 saturated heterocycles. The van der Waals surface area contributed by atoms with E-state index in [2.05, 4.69) is 20.9 Å². The SMILES string of the molecule is CCNC(=NCCOCC)NCCNC(=O)c1ccc(OC)cc1.I. The second-order valence-electron chi connectivity index (χ2n) is 4.87. The van der Waals surface area contributed by atoms with Crippen molar-refractivity contribution < 1.29 is 14.3 Å². The van der Waals surface area contributed by atoms with E-state index >= 15 is 0 Å². The number of carbonyl (C=O) groups is 1. The molecule has 0 bridgehead atoms. The Hall–Kier alpha value is -1.55. The van der Waals surface area contributed by atoms with Crippen LogP contribution in [0, 0.1) is 0 Å². The molecule has 8 heteroatoms. The third-order valence-corrected chi connectivity index (χ3v) is 3.11. The zero-order chi connectivity index (χ0) is 17.6. The van der Waals surface area contributed by atoms with Crippen molar-refractivity contribution in [1.82, 2.24) is 16.0 Å². The first-order valence-corrected chi connectivity index (χ1v) is 8.23. The van der Waals surface area contributed by atoms with E-state index in [0.29, 0.717) is 38.4 Å². The Morgan fingerprint density at radius 2 is 1.76 bits per heavy atom. The van der Waals surface area contributed by atoms with Crippen LogP contribution in [0.3, 0.4) is 0 Å². The summed E-state index contributed by atoms with van der Waals surface area (Å²) < 4.78 is 10.3. The molecule has 0 fully saturated rings. The van der Waals surface area contributed by atoms with Crippen LogP contribution in [0.5, 0.6) is 5.75 Å². The van der Waals surface area contributed by atoms with Gasteiger partial charge in [-0.25, -0.2) is 0 Å². The number of halogens is 1. The Bertz CT molecular complexity index is 509. The lowest BCUT2D eigenvalue weighted by atomic mass is 10.2. The summed E-state index contributed by atoms with van der Waals surface area (Å²) in [5.41, 5.74) is 0.605. The highest BCUT2D eigenvalue weighted by molar-refractivity contribution is 14.0. The molecule has 1 aromatic rings. The molecular formula is C17H29IN4O3. The maximum Gasteiger partial charge on any atom is 0.251 e. The summed E-state index contributed by atoms with van der Waals surface area (Å²) in [6.45, 7) is 7.71. The lowest BCUT2D eigenvalue weighted by Gasteiger charge is -2.12. The van der Waals surface area contributed by atoms with Gasteiger partial charge >= 0.3 is 0 Å². The van der Waals surface area contributed by atoms with Crippen molar-refractivity contribution in [2.24, 2.45) is 4.99 Å². The van der Waals surface area contributed by atoms with Crippen molar-refractivity contribution in [3.63, 3.8) is 0 Å². The summed E-state index contributed by atoms with van der Waals surface area (Å²) >= 11 is 0. The summed E-state index contributed by atoms with van der Waals surface area (Å²) in [7, 11) is 1.60. The molecule has 1 amide bonds. The molecule has 142 valence electrons. The second kappa shape index (κ2) is 14.8. The van der Waals surface area contributed by atoms with E-state index in [9.17, 15) is 4.79 Å². The summed E-state index contributed by atoms with van der Waals surface area (Å²) in [5, 5.41) is 9.18. The molecule has 0 saturated carbocycles. The van der Waals surface area contributed by atoms with Gasteiger partial charge in [0.1, 0.15) is 5.75 Å². The highest BCUT2D eigenvalue weighted by Crippen LogP contribution is 2.10. The van der Waals surface area contributed by atoms with Crippen molar-refractivity contribution >= 4 is 35.8 Å². The number of carbonyl (C=O) groups excluding carboxylic acids is 1. The van der Waals surface area contributed by atoms with Crippen LogP contribution in [0.1, 0.15) is 24.2 Å². The molecule has 3 N–H and O–H groups in total. The van der Waals surface area contributed by atoms with Crippen molar-refractivity contribution in [2.75, 3.05) is 46.5 Å². The number of guanidine groups is 1. The molecule has 7 nitrogen and oxygen atoms in total. The second-order valence-corrected chi connectivity index (χ2v) is 4.87. The minimum atomic E-state index is -0.113. The highest BCUT2D eigenvalue weighted by Gasteiger charge is 2.05. The van der Waals surface area contributed by atoms with Crippen LogP contribution < -0.4 is 20.7 Å². The number of hydrogen-bond donors (Lipinski definition) is 3. The number of benzene rings is 1. The number of hydrogen-bond acceptors (Lipinski definition) is 4. The topological polar surface area (TPSA) is 84.0 Å². The lowest BCUT2D eigenvalue weighted by molar-refractivity contribution is 0.0954. The number of methoxy groups -OCH3 is 1. The van der Waals surface area contributed by atoms with Crippen LogP contribution in [0.25, 0.3) is 0 Å². The number of aliphatic imine (C=N–C) groups is 1. The van der Waals surface area contributed by atoms with Gasteiger partial charge in [-0.15, -0.1) is 24.0 Å². The van der Waals surface area contributed by atoms with Crippen molar-refractivity contribution in [3.05, 3.63) is 29.8 Å². The Labute approximate surface area is 167 Å². The van der Waals surface area contributed by atoms with Crippen LogP contribution in [0.15, 0.2) is 29.3 Å². The van der Waals surface area contributed by atoms with Gasteiger partial charge in [-0.2, -0.15) is 0 Å². The number of ether oxygens (including phenoxy) is 2. The summed E-state index contributed by atoms with van der Waals surface area (Å²) in [5.74, 6) is 1.33. The Balaban J connectivity index is 0.00000576. The van der Waals surface area contributed by atoms with E-state index in [1.165, 1.54) is 0 Å².